The maximum atomic E-state index is 9.48. The Kier molecular flexibility index (Phi) is 8.84. The van der Waals surface area contributed by atoms with Crippen molar-refractivity contribution in [2.75, 3.05) is 0 Å². The van der Waals surface area contributed by atoms with Crippen LogP contribution < -0.4 is 0 Å². The van der Waals surface area contributed by atoms with Crippen molar-refractivity contribution in [2.45, 2.75) is 76.8 Å². The molecule has 0 aliphatic carbocycles. The Balaban J connectivity index is 3.45. The summed E-state index contributed by atoms with van der Waals surface area (Å²) in [5, 5.41) is 37.3. The fourth-order valence-electron chi connectivity index (χ4n) is 1.71. The molecule has 0 heterocycles. The third-order valence-electron chi connectivity index (χ3n) is 2.76. The van der Waals surface area contributed by atoms with Gasteiger partial charge in [-0.15, -0.1) is 0 Å². The van der Waals surface area contributed by atoms with Crippen LogP contribution in [0.2, 0.25) is 0 Å². The van der Waals surface area contributed by atoms with Gasteiger partial charge in [0.05, 0.1) is 24.4 Å². The smallest absolute Gasteiger partial charge is 0.0799 e. The van der Waals surface area contributed by atoms with E-state index >= 15 is 0 Å². The minimum Gasteiger partial charge on any atom is -0.393 e. The topological polar surface area (TPSA) is 80.9 Å². The van der Waals surface area contributed by atoms with E-state index in [-0.39, 0.29) is 0 Å². The lowest BCUT2D eigenvalue weighted by molar-refractivity contribution is 0.0105. The quantitative estimate of drug-likeness (QED) is 0.445. The van der Waals surface area contributed by atoms with Crippen molar-refractivity contribution in [1.82, 2.24) is 0 Å². The standard InChI is InChI=1S/C12H26O4/c1-3-11(15)12(16)7-5-4-6-10(14)8-9(2)13/h9-16H,3-8H2,1-2H3. The van der Waals surface area contributed by atoms with Gasteiger partial charge in [0.2, 0.25) is 0 Å². The highest BCUT2D eigenvalue weighted by Gasteiger charge is 2.14. The van der Waals surface area contributed by atoms with Crippen LogP contribution in [0.4, 0.5) is 0 Å². The third-order valence-corrected chi connectivity index (χ3v) is 2.76. The van der Waals surface area contributed by atoms with E-state index in [2.05, 4.69) is 0 Å². The molecule has 0 saturated carbocycles. The molecule has 0 spiro atoms. The number of hydrogen-bond acceptors (Lipinski definition) is 4. The van der Waals surface area contributed by atoms with E-state index in [1.54, 1.807) is 6.92 Å². The normalized spacial score (nSPS) is 19.1. The van der Waals surface area contributed by atoms with Gasteiger partial charge in [0, 0.05) is 0 Å². The van der Waals surface area contributed by atoms with Gasteiger partial charge in [-0.1, -0.05) is 19.8 Å². The molecule has 4 nitrogen and oxygen atoms in total. The molecule has 0 aromatic rings. The number of hydrogen-bond donors (Lipinski definition) is 4. The van der Waals surface area contributed by atoms with E-state index in [9.17, 15) is 15.3 Å². The second-order valence-corrected chi connectivity index (χ2v) is 4.57. The summed E-state index contributed by atoms with van der Waals surface area (Å²) in [5.74, 6) is 0. The van der Waals surface area contributed by atoms with E-state index in [1.807, 2.05) is 6.92 Å². The highest BCUT2D eigenvalue weighted by atomic mass is 16.3. The first-order valence-corrected chi connectivity index (χ1v) is 6.19. The van der Waals surface area contributed by atoms with Crippen molar-refractivity contribution >= 4 is 0 Å². The second kappa shape index (κ2) is 8.93. The summed E-state index contributed by atoms with van der Waals surface area (Å²) in [4.78, 5) is 0. The number of aliphatic hydroxyl groups is 4. The van der Waals surface area contributed by atoms with E-state index in [0.29, 0.717) is 25.7 Å². The van der Waals surface area contributed by atoms with Crippen molar-refractivity contribution in [3.05, 3.63) is 0 Å². The SMILES string of the molecule is CCC(O)C(O)CCCCC(O)CC(C)O. The largest absolute Gasteiger partial charge is 0.393 e. The van der Waals surface area contributed by atoms with Crippen molar-refractivity contribution in [3.8, 4) is 0 Å². The first-order valence-electron chi connectivity index (χ1n) is 6.19. The maximum absolute atomic E-state index is 9.48. The lowest BCUT2D eigenvalue weighted by Crippen LogP contribution is -2.24. The summed E-state index contributed by atoms with van der Waals surface area (Å²) < 4.78 is 0. The Bertz CT molecular complexity index is 161. The van der Waals surface area contributed by atoms with Crippen LogP contribution in [0.3, 0.4) is 0 Å². The third kappa shape index (κ3) is 8.05. The van der Waals surface area contributed by atoms with E-state index in [1.165, 1.54) is 0 Å². The average molecular weight is 234 g/mol. The fourth-order valence-corrected chi connectivity index (χ4v) is 1.71. The van der Waals surface area contributed by atoms with Crippen LogP contribution in [-0.2, 0) is 0 Å². The molecule has 0 fully saturated rings. The van der Waals surface area contributed by atoms with Crippen molar-refractivity contribution in [3.63, 3.8) is 0 Å². The van der Waals surface area contributed by atoms with Gasteiger partial charge < -0.3 is 20.4 Å². The number of aliphatic hydroxyl groups excluding tert-OH is 4. The summed E-state index contributed by atoms with van der Waals surface area (Å²) in [7, 11) is 0. The van der Waals surface area contributed by atoms with Crippen LogP contribution in [0, 0.1) is 0 Å². The summed E-state index contributed by atoms with van der Waals surface area (Å²) in [6, 6.07) is 0. The van der Waals surface area contributed by atoms with Gasteiger partial charge in [0.25, 0.3) is 0 Å². The molecule has 98 valence electrons. The molecular weight excluding hydrogens is 208 g/mol. The molecule has 4 atom stereocenters. The monoisotopic (exact) mass is 234 g/mol. The van der Waals surface area contributed by atoms with E-state index in [4.69, 9.17) is 5.11 Å². The highest BCUT2D eigenvalue weighted by Crippen LogP contribution is 2.12. The van der Waals surface area contributed by atoms with Gasteiger partial charge in [-0.3, -0.25) is 0 Å². The molecule has 0 aromatic heterocycles. The molecule has 0 aliphatic heterocycles. The van der Waals surface area contributed by atoms with Gasteiger partial charge in [-0.05, 0) is 32.6 Å². The Labute approximate surface area is 97.9 Å². The summed E-state index contributed by atoms with van der Waals surface area (Å²) in [6.07, 6.45) is 1.54. The zero-order valence-electron chi connectivity index (χ0n) is 10.3. The maximum Gasteiger partial charge on any atom is 0.0799 e. The van der Waals surface area contributed by atoms with Crippen LogP contribution in [0.25, 0.3) is 0 Å². The van der Waals surface area contributed by atoms with Gasteiger partial charge in [0.15, 0.2) is 0 Å². The molecule has 4 unspecified atom stereocenters. The molecule has 0 rings (SSSR count). The summed E-state index contributed by atoms with van der Waals surface area (Å²) in [6.45, 7) is 3.49. The van der Waals surface area contributed by atoms with Gasteiger partial charge >= 0.3 is 0 Å². The predicted molar refractivity (Wildman–Crippen MR) is 63.1 cm³/mol. The molecular formula is C12H26O4. The van der Waals surface area contributed by atoms with Crippen molar-refractivity contribution in [1.29, 1.82) is 0 Å². The molecule has 0 aliphatic rings. The fraction of sp³-hybridized carbons (Fsp3) is 1.00. The lowest BCUT2D eigenvalue weighted by atomic mass is 10.0. The summed E-state index contributed by atoms with van der Waals surface area (Å²) >= 11 is 0. The van der Waals surface area contributed by atoms with Gasteiger partial charge in [-0.2, -0.15) is 0 Å². The van der Waals surface area contributed by atoms with E-state index < -0.39 is 24.4 Å². The van der Waals surface area contributed by atoms with Crippen LogP contribution in [0.15, 0.2) is 0 Å². The molecule has 16 heavy (non-hydrogen) atoms. The first-order chi connectivity index (χ1) is 7.47. The molecule has 4 N–H and O–H groups in total. The Morgan fingerprint density at radius 1 is 0.875 bits per heavy atom. The van der Waals surface area contributed by atoms with Crippen molar-refractivity contribution < 1.29 is 20.4 Å². The lowest BCUT2D eigenvalue weighted by Gasteiger charge is -2.16. The first kappa shape index (κ1) is 15.8. The Morgan fingerprint density at radius 2 is 1.44 bits per heavy atom. The van der Waals surface area contributed by atoms with Gasteiger partial charge in [-0.25, -0.2) is 0 Å². The molecule has 4 heteroatoms. The molecule has 0 bridgehead atoms. The average Bonchev–Trinajstić information content (AvgIpc) is 2.21. The zero-order valence-corrected chi connectivity index (χ0v) is 10.3. The molecule has 0 saturated heterocycles. The number of unbranched alkanes of at least 4 members (excludes halogenated alkanes) is 1. The van der Waals surface area contributed by atoms with Crippen LogP contribution >= 0.6 is 0 Å². The van der Waals surface area contributed by atoms with Crippen LogP contribution in [0.5, 0.6) is 0 Å². The molecule has 0 aromatic carbocycles. The molecule has 0 radical (unpaired) electrons. The second-order valence-electron chi connectivity index (χ2n) is 4.57. The van der Waals surface area contributed by atoms with Crippen LogP contribution in [0.1, 0.15) is 52.4 Å². The zero-order chi connectivity index (χ0) is 12.6. The minimum absolute atomic E-state index is 0.403. The van der Waals surface area contributed by atoms with Crippen molar-refractivity contribution in [2.24, 2.45) is 0 Å². The Morgan fingerprint density at radius 3 is 1.94 bits per heavy atom. The highest BCUT2D eigenvalue weighted by molar-refractivity contribution is 4.66. The predicted octanol–water partition coefficient (Wildman–Crippen LogP) is 0.810. The van der Waals surface area contributed by atoms with E-state index in [0.717, 1.165) is 12.8 Å². The summed E-state index contributed by atoms with van der Waals surface area (Å²) in [5.41, 5.74) is 0. The molecule has 0 amide bonds. The van der Waals surface area contributed by atoms with Gasteiger partial charge in [0.1, 0.15) is 0 Å². The minimum atomic E-state index is -0.654. The Hall–Kier alpha value is -0.160. The van der Waals surface area contributed by atoms with Crippen LogP contribution in [-0.4, -0.2) is 44.8 Å². The number of rotatable bonds is 9.